The predicted octanol–water partition coefficient (Wildman–Crippen LogP) is 3.55. The Hall–Kier alpha value is -2.34. The number of carbonyl (C=O) groups excluding carboxylic acids is 2. The number of hydrogen-bond acceptors (Lipinski definition) is 5. The van der Waals surface area contributed by atoms with Gasteiger partial charge >= 0.3 is 0 Å². The Morgan fingerprint density at radius 1 is 1.22 bits per heavy atom. The van der Waals surface area contributed by atoms with Gasteiger partial charge in [0.05, 0.1) is 5.70 Å². The normalized spacial score (nSPS) is 17.7. The van der Waals surface area contributed by atoms with Gasteiger partial charge in [-0.3, -0.25) is 9.59 Å². The Morgan fingerprint density at radius 3 is 2.70 bits per heavy atom. The average molecular weight is 404 g/mol. The molecule has 0 aliphatic carbocycles. The second kappa shape index (κ2) is 8.13. The number of allylic oxidation sites excluding steroid dienone is 2. The number of aldehydes is 2. The van der Waals surface area contributed by atoms with Crippen LogP contribution in [0.5, 0.6) is 0 Å². The summed E-state index contributed by atoms with van der Waals surface area (Å²) >= 11 is 12.7. The third-order valence-corrected chi connectivity index (χ3v) is 5.17. The van der Waals surface area contributed by atoms with Crippen molar-refractivity contribution in [1.29, 1.82) is 0 Å². The summed E-state index contributed by atoms with van der Waals surface area (Å²) in [6, 6.07) is 11.4. The van der Waals surface area contributed by atoms with Crippen LogP contribution in [0.3, 0.4) is 0 Å². The first-order valence-electron chi connectivity index (χ1n) is 8.36. The zero-order chi connectivity index (χ0) is 19.6. The average Bonchev–Trinajstić information content (AvgIpc) is 2.66. The van der Waals surface area contributed by atoms with Crippen molar-refractivity contribution < 1.29 is 9.59 Å². The number of rotatable bonds is 5. The van der Waals surface area contributed by atoms with Crippen LogP contribution in [0.2, 0.25) is 10.0 Å². The molecule has 2 aromatic rings. The molecule has 0 radical (unpaired) electrons. The molecule has 1 heterocycles. The van der Waals surface area contributed by atoms with Gasteiger partial charge in [0.15, 0.2) is 12.6 Å². The van der Waals surface area contributed by atoms with Crippen molar-refractivity contribution >= 4 is 41.5 Å². The molecule has 5 nitrogen and oxygen atoms in total. The summed E-state index contributed by atoms with van der Waals surface area (Å²) in [6.07, 6.45) is 0.969. The molecule has 0 aromatic heterocycles. The standard InChI is InChI=1S/C20H19Cl2N3O2/c1-25-8-16(15-6-13(21)7-18(22)17(15)9-25)12-3-2-4-14(5-12)24-20(11-27)19(23)10-26/h2-7,10-11,16,24H,8-9,23H2,1H3/b20-19-. The van der Waals surface area contributed by atoms with Gasteiger partial charge in [-0.15, -0.1) is 0 Å². The van der Waals surface area contributed by atoms with E-state index in [0.717, 1.165) is 29.8 Å². The van der Waals surface area contributed by atoms with E-state index in [9.17, 15) is 9.59 Å². The fourth-order valence-electron chi connectivity index (χ4n) is 3.35. The molecule has 2 aromatic carbocycles. The molecule has 1 aliphatic heterocycles. The lowest BCUT2D eigenvalue weighted by Crippen LogP contribution is -2.31. The van der Waals surface area contributed by atoms with Gasteiger partial charge in [-0.05, 0) is 48.0 Å². The topological polar surface area (TPSA) is 75.4 Å². The third-order valence-electron chi connectivity index (χ3n) is 4.62. The second-order valence-electron chi connectivity index (χ2n) is 6.56. The third kappa shape index (κ3) is 4.16. The van der Waals surface area contributed by atoms with Gasteiger partial charge in [0.1, 0.15) is 5.70 Å². The fraction of sp³-hybridized carbons (Fsp3) is 0.200. The lowest BCUT2D eigenvalue weighted by molar-refractivity contribution is -0.107. The number of fused-ring (bicyclic) bond motifs is 1. The lowest BCUT2D eigenvalue weighted by atomic mass is 9.84. The number of likely N-dealkylation sites (N-methyl/N-ethyl adjacent to an activating group) is 1. The van der Waals surface area contributed by atoms with Crippen LogP contribution < -0.4 is 11.1 Å². The zero-order valence-corrected chi connectivity index (χ0v) is 16.2. The Kier molecular flexibility index (Phi) is 5.85. The van der Waals surface area contributed by atoms with Crippen molar-refractivity contribution in [2.75, 3.05) is 18.9 Å². The SMILES string of the molecule is CN1Cc2c(Cl)cc(Cl)cc2C(c2cccc(N/C(C=O)=C(\N)C=O)c2)C1. The van der Waals surface area contributed by atoms with Crippen molar-refractivity contribution in [3.63, 3.8) is 0 Å². The Labute approximate surface area is 167 Å². The summed E-state index contributed by atoms with van der Waals surface area (Å²) < 4.78 is 0. The van der Waals surface area contributed by atoms with E-state index in [2.05, 4.69) is 10.2 Å². The maximum Gasteiger partial charge on any atom is 0.168 e. The molecule has 3 N–H and O–H groups in total. The van der Waals surface area contributed by atoms with Crippen molar-refractivity contribution in [3.8, 4) is 0 Å². The highest BCUT2D eigenvalue weighted by Gasteiger charge is 2.27. The van der Waals surface area contributed by atoms with Crippen molar-refractivity contribution in [1.82, 2.24) is 4.90 Å². The first kappa shape index (κ1) is 19.4. The summed E-state index contributed by atoms with van der Waals surface area (Å²) in [4.78, 5) is 24.2. The smallest absolute Gasteiger partial charge is 0.168 e. The van der Waals surface area contributed by atoms with Crippen LogP contribution in [0.15, 0.2) is 47.8 Å². The van der Waals surface area contributed by atoms with Gasteiger partial charge in [0, 0.05) is 34.7 Å². The van der Waals surface area contributed by atoms with Gasteiger partial charge in [-0.1, -0.05) is 35.3 Å². The Bertz CT molecular complexity index is 927. The largest absolute Gasteiger partial charge is 0.394 e. The number of nitrogens with zero attached hydrogens (tertiary/aromatic N) is 1. The number of carbonyl (C=O) groups is 2. The number of nitrogens with two attached hydrogens (primary N) is 1. The molecule has 0 saturated heterocycles. The van der Waals surface area contributed by atoms with Crippen molar-refractivity contribution in [2.24, 2.45) is 5.73 Å². The van der Waals surface area contributed by atoms with Crippen LogP contribution in [-0.2, 0) is 16.1 Å². The first-order valence-corrected chi connectivity index (χ1v) is 9.12. The lowest BCUT2D eigenvalue weighted by Gasteiger charge is -2.33. The van der Waals surface area contributed by atoms with Crippen molar-refractivity contribution in [2.45, 2.75) is 12.5 Å². The summed E-state index contributed by atoms with van der Waals surface area (Å²) in [5, 5.41) is 4.17. The van der Waals surface area contributed by atoms with Crippen LogP contribution in [0, 0.1) is 0 Å². The highest BCUT2D eigenvalue weighted by molar-refractivity contribution is 6.35. The molecule has 1 unspecified atom stereocenters. The van der Waals surface area contributed by atoms with Gasteiger partial charge in [-0.25, -0.2) is 0 Å². The van der Waals surface area contributed by atoms with E-state index >= 15 is 0 Å². The van der Waals surface area contributed by atoms with E-state index in [-0.39, 0.29) is 17.3 Å². The summed E-state index contributed by atoms with van der Waals surface area (Å²) in [5.74, 6) is 0.0729. The van der Waals surface area contributed by atoms with E-state index < -0.39 is 0 Å². The first-order chi connectivity index (χ1) is 12.9. The highest BCUT2D eigenvalue weighted by Crippen LogP contribution is 2.38. The van der Waals surface area contributed by atoms with E-state index in [1.807, 2.05) is 37.4 Å². The van der Waals surface area contributed by atoms with E-state index in [4.69, 9.17) is 28.9 Å². The van der Waals surface area contributed by atoms with Crippen LogP contribution >= 0.6 is 23.2 Å². The quantitative estimate of drug-likeness (QED) is 0.589. The minimum atomic E-state index is -0.142. The second-order valence-corrected chi connectivity index (χ2v) is 7.40. The van der Waals surface area contributed by atoms with Gasteiger partial charge in [0.25, 0.3) is 0 Å². The van der Waals surface area contributed by atoms with Crippen LogP contribution in [0.1, 0.15) is 22.6 Å². The molecule has 1 aliphatic rings. The molecule has 0 bridgehead atoms. The summed E-state index contributed by atoms with van der Waals surface area (Å²) in [7, 11) is 2.04. The number of hydrogen-bond donors (Lipinski definition) is 2. The molecule has 140 valence electrons. The fourth-order valence-corrected chi connectivity index (χ4v) is 3.92. The zero-order valence-electron chi connectivity index (χ0n) is 14.7. The molecule has 27 heavy (non-hydrogen) atoms. The summed E-state index contributed by atoms with van der Waals surface area (Å²) in [6.45, 7) is 1.56. The maximum absolute atomic E-state index is 11.2. The van der Waals surface area contributed by atoms with Gasteiger partial charge in [-0.2, -0.15) is 0 Å². The minimum Gasteiger partial charge on any atom is -0.394 e. The number of nitrogens with one attached hydrogen (secondary N) is 1. The molecule has 0 spiro atoms. The number of benzene rings is 2. The van der Waals surface area contributed by atoms with E-state index in [1.165, 1.54) is 0 Å². The molecule has 0 saturated carbocycles. The molecular formula is C20H19Cl2N3O2. The monoisotopic (exact) mass is 403 g/mol. The number of anilines is 1. The molecule has 7 heteroatoms. The summed E-state index contributed by atoms with van der Waals surface area (Å²) in [5.41, 5.74) is 9.32. The Balaban J connectivity index is 2.01. The predicted molar refractivity (Wildman–Crippen MR) is 108 cm³/mol. The molecular weight excluding hydrogens is 385 g/mol. The minimum absolute atomic E-state index is 0.0365. The van der Waals surface area contributed by atoms with Crippen LogP contribution in [-0.4, -0.2) is 31.1 Å². The van der Waals surface area contributed by atoms with Gasteiger partial charge < -0.3 is 16.0 Å². The molecule has 0 amide bonds. The maximum atomic E-state index is 11.2. The Morgan fingerprint density at radius 2 is 2.00 bits per heavy atom. The van der Waals surface area contributed by atoms with Crippen molar-refractivity contribution in [3.05, 3.63) is 74.5 Å². The molecule has 0 fully saturated rings. The van der Waals surface area contributed by atoms with Gasteiger partial charge in [0.2, 0.25) is 0 Å². The van der Waals surface area contributed by atoms with E-state index in [0.29, 0.717) is 28.3 Å². The molecule has 1 atom stereocenters. The molecule has 3 rings (SSSR count). The van der Waals surface area contributed by atoms with Crippen LogP contribution in [0.4, 0.5) is 5.69 Å². The highest BCUT2D eigenvalue weighted by atomic mass is 35.5. The number of halogens is 2. The van der Waals surface area contributed by atoms with Crippen LogP contribution in [0.25, 0.3) is 0 Å². The van der Waals surface area contributed by atoms with E-state index in [1.54, 1.807) is 6.07 Å².